The number of aliphatic hydroxyl groups is 1. The van der Waals surface area contributed by atoms with Crippen molar-refractivity contribution in [1.29, 1.82) is 0 Å². The number of fused-ring (bicyclic) bond motifs is 2. The number of nitrogens with zero attached hydrogens (tertiary/aromatic N) is 1. The number of hydrogen-bond acceptors (Lipinski definition) is 3. The van der Waals surface area contributed by atoms with Gasteiger partial charge in [-0.1, -0.05) is 0 Å². The molecule has 2 heterocycles. The minimum Gasteiger partial charge on any atom is -0.381 e. The predicted molar refractivity (Wildman–Crippen MR) is 50.8 cm³/mol. The van der Waals surface area contributed by atoms with Crippen LogP contribution < -0.4 is 0 Å². The van der Waals surface area contributed by atoms with Crippen molar-refractivity contribution in [1.82, 2.24) is 4.90 Å². The zero-order chi connectivity index (χ0) is 10.3. The molecule has 2 aliphatic rings. The van der Waals surface area contributed by atoms with Gasteiger partial charge in [0.25, 0.3) is 5.91 Å². The molecular weight excluding hydrogens is 182 g/mol. The zero-order valence-electron chi connectivity index (χ0n) is 8.69. The van der Waals surface area contributed by atoms with Crippen molar-refractivity contribution in [3.05, 3.63) is 0 Å². The standard InChI is InChI=1S/C10H17NO3/c1-10(2,13)9(12)11-5-7-3-4-8(6-11)14-7/h7-8,13H,3-6H2,1-2H3. The number of hydrogen-bond donors (Lipinski definition) is 1. The second-order valence-electron chi connectivity index (χ2n) is 4.73. The van der Waals surface area contributed by atoms with E-state index in [2.05, 4.69) is 0 Å². The van der Waals surface area contributed by atoms with E-state index in [1.54, 1.807) is 4.90 Å². The van der Waals surface area contributed by atoms with E-state index in [0.29, 0.717) is 13.1 Å². The van der Waals surface area contributed by atoms with Gasteiger partial charge in [0.15, 0.2) is 0 Å². The second-order valence-corrected chi connectivity index (χ2v) is 4.73. The van der Waals surface area contributed by atoms with Gasteiger partial charge in [-0.15, -0.1) is 0 Å². The minimum atomic E-state index is -1.25. The molecule has 80 valence electrons. The van der Waals surface area contributed by atoms with Gasteiger partial charge in [-0.25, -0.2) is 0 Å². The highest BCUT2D eigenvalue weighted by Crippen LogP contribution is 2.27. The Hall–Kier alpha value is -0.610. The Bertz CT molecular complexity index is 234. The Morgan fingerprint density at radius 1 is 1.36 bits per heavy atom. The first-order valence-electron chi connectivity index (χ1n) is 5.14. The minimum absolute atomic E-state index is 0.183. The molecule has 0 radical (unpaired) electrons. The monoisotopic (exact) mass is 199 g/mol. The molecule has 2 fully saturated rings. The summed E-state index contributed by atoms with van der Waals surface area (Å²) in [6, 6.07) is 0. The Kier molecular flexibility index (Phi) is 2.27. The number of likely N-dealkylation sites (tertiary alicyclic amines) is 1. The lowest BCUT2D eigenvalue weighted by Gasteiger charge is -2.35. The first kappa shape index (κ1) is 9.93. The molecule has 0 aromatic rings. The van der Waals surface area contributed by atoms with Crippen LogP contribution in [0.4, 0.5) is 0 Å². The summed E-state index contributed by atoms with van der Waals surface area (Å²) in [5.74, 6) is -0.183. The Morgan fingerprint density at radius 3 is 2.29 bits per heavy atom. The molecule has 2 saturated heterocycles. The SMILES string of the molecule is CC(C)(O)C(=O)N1CC2CCC(C1)O2. The third kappa shape index (κ3) is 1.77. The fourth-order valence-electron chi connectivity index (χ4n) is 2.17. The van der Waals surface area contributed by atoms with Crippen LogP contribution in [-0.2, 0) is 9.53 Å². The quantitative estimate of drug-likeness (QED) is 0.654. The van der Waals surface area contributed by atoms with Crippen molar-refractivity contribution in [3.63, 3.8) is 0 Å². The van der Waals surface area contributed by atoms with Crippen molar-refractivity contribution in [2.24, 2.45) is 0 Å². The molecule has 0 saturated carbocycles. The van der Waals surface area contributed by atoms with Gasteiger partial charge in [0.2, 0.25) is 0 Å². The number of morpholine rings is 1. The summed E-state index contributed by atoms with van der Waals surface area (Å²) in [6.07, 6.45) is 2.47. The maximum atomic E-state index is 11.8. The van der Waals surface area contributed by atoms with E-state index in [0.717, 1.165) is 12.8 Å². The summed E-state index contributed by atoms with van der Waals surface area (Å²) in [6.45, 7) is 4.35. The van der Waals surface area contributed by atoms with Crippen LogP contribution in [0.3, 0.4) is 0 Å². The third-order valence-corrected chi connectivity index (χ3v) is 2.85. The molecule has 2 bridgehead atoms. The molecule has 2 atom stereocenters. The van der Waals surface area contributed by atoms with E-state index in [1.807, 2.05) is 0 Å². The molecule has 1 amide bonds. The maximum Gasteiger partial charge on any atom is 0.254 e. The lowest BCUT2D eigenvalue weighted by atomic mass is 10.1. The first-order valence-corrected chi connectivity index (χ1v) is 5.14. The van der Waals surface area contributed by atoms with Crippen LogP contribution in [0.25, 0.3) is 0 Å². The Morgan fingerprint density at radius 2 is 1.86 bits per heavy atom. The highest BCUT2D eigenvalue weighted by atomic mass is 16.5. The molecule has 0 spiro atoms. The Balaban J connectivity index is 2.03. The van der Waals surface area contributed by atoms with Crippen LogP contribution in [0.2, 0.25) is 0 Å². The molecule has 4 heteroatoms. The smallest absolute Gasteiger partial charge is 0.254 e. The van der Waals surface area contributed by atoms with Gasteiger partial charge in [0.1, 0.15) is 5.60 Å². The van der Waals surface area contributed by atoms with Gasteiger partial charge in [0.05, 0.1) is 12.2 Å². The third-order valence-electron chi connectivity index (χ3n) is 2.85. The van der Waals surface area contributed by atoms with Gasteiger partial charge in [-0.05, 0) is 26.7 Å². The molecule has 2 aliphatic heterocycles. The van der Waals surface area contributed by atoms with E-state index in [-0.39, 0.29) is 18.1 Å². The van der Waals surface area contributed by atoms with Crippen molar-refractivity contribution in [2.45, 2.75) is 44.5 Å². The lowest BCUT2D eigenvalue weighted by molar-refractivity contribution is -0.156. The molecule has 0 aromatic carbocycles. The summed E-state index contributed by atoms with van der Waals surface area (Å²) in [5.41, 5.74) is -1.25. The molecule has 1 N–H and O–H groups in total. The van der Waals surface area contributed by atoms with Crippen LogP contribution in [0.5, 0.6) is 0 Å². The molecule has 0 aromatic heterocycles. The Labute approximate surface area is 83.8 Å². The highest BCUT2D eigenvalue weighted by molar-refractivity contribution is 5.84. The highest BCUT2D eigenvalue weighted by Gasteiger charge is 2.39. The van der Waals surface area contributed by atoms with Crippen LogP contribution in [-0.4, -0.2) is 46.8 Å². The predicted octanol–water partition coefficient (Wildman–Crippen LogP) is 0.147. The summed E-state index contributed by atoms with van der Waals surface area (Å²) in [4.78, 5) is 13.5. The topological polar surface area (TPSA) is 49.8 Å². The fraction of sp³-hybridized carbons (Fsp3) is 0.900. The van der Waals surface area contributed by atoms with Gasteiger partial charge in [0, 0.05) is 13.1 Å². The van der Waals surface area contributed by atoms with Crippen molar-refractivity contribution in [3.8, 4) is 0 Å². The van der Waals surface area contributed by atoms with Gasteiger partial charge >= 0.3 is 0 Å². The first-order chi connectivity index (χ1) is 6.47. The molecule has 2 unspecified atom stereocenters. The average molecular weight is 199 g/mol. The van der Waals surface area contributed by atoms with Crippen LogP contribution in [0, 0.1) is 0 Å². The van der Waals surface area contributed by atoms with E-state index in [4.69, 9.17) is 4.74 Å². The maximum absolute atomic E-state index is 11.8. The van der Waals surface area contributed by atoms with Crippen LogP contribution in [0.15, 0.2) is 0 Å². The lowest BCUT2D eigenvalue weighted by Crippen LogP contribution is -2.52. The van der Waals surface area contributed by atoms with Gasteiger partial charge in [-0.3, -0.25) is 4.79 Å². The van der Waals surface area contributed by atoms with Crippen molar-refractivity contribution < 1.29 is 14.6 Å². The van der Waals surface area contributed by atoms with E-state index < -0.39 is 5.60 Å². The summed E-state index contributed by atoms with van der Waals surface area (Å²) >= 11 is 0. The molecular formula is C10H17NO3. The fourth-order valence-corrected chi connectivity index (χ4v) is 2.17. The average Bonchev–Trinajstić information content (AvgIpc) is 2.42. The number of carbonyl (C=O) groups is 1. The van der Waals surface area contributed by atoms with Gasteiger partial charge in [-0.2, -0.15) is 0 Å². The molecule has 2 rings (SSSR count). The number of amides is 1. The van der Waals surface area contributed by atoms with E-state index >= 15 is 0 Å². The zero-order valence-corrected chi connectivity index (χ0v) is 8.69. The number of carbonyl (C=O) groups excluding carboxylic acids is 1. The van der Waals surface area contributed by atoms with Crippen molar-refractivity contribution >= 4 is 5.91 Å². The molecule has 4 nitrogen and oxygen atoms in total. The number of ether oxygens (including phenoxy) is 1. The second kappa shape index (κ2) is 3.21. The van der Waals surface area contributed by atoms with Gasteiger partial charge < -0.3 is 14.7 Å². The molecule has 0 aliphatic carbocycles. The summed E-state index contributed by atoms with van der Waals surface area (Å²) < 4.78 is 5.61. The normalized spacial score (nSPS) is 32.1. The van der Waals surface area contributed by atoms with Crippen molar-refractivity contribution in [2.75, 3.05) is 13.1 Å². The largest absolute Gasteiger partial charge is 0.381 e. The van der Waals surface area contributed by atoms with E-state index in [9.17, 15) is 9.90 Å². The van der Waals surface area contributed by atoms with Crippen LogP contribution >= 0.6 is 0 Å². The summed E-state index contributed by atoms with van der Waals surface area (Å²) in [7, 11) is 0. The van der Waals surface area contributed by atoms with E-state index in [1.165, 1.54) is 13.8 Å². The molecule has 14 heavy (non-hydrogen) atoms. The number of rotatable bonds is 1. The van der Waals surface area contributed by atoms with Crippen LogP contribution in [0.1, 0.15) is 26.7 Å². The summed E-state index contributed by atoms with van der Waals surface area (Å²) in [5, 5.41) is 9.60.